The third kappa shape index (κ3) is 3.72. The van der Waals surface area contributed by atoms with Gasteiger partial charge in [-0.15, -0.1) is 11.8 Å². The van der Waals surface area contributed by atoms with E-state index in [9.17, 15) is 4.79 Å². The molecule has 20 heavy (non-hydrogen) atoms. The van der Waals surface area contributed by atoms with Crippen LogP contribution in [0.2, 0.25) is 0 Å². The van der Waals surface area contributed by atoms with Crippen LogP contribution in [0.15, 0.2) is 53.4 Å². The van der Waals surface area contributed by atoms with E-state index in [2.05, 4.69) is 30.3 Å². The summed E-state index contributed by atoms with van der Waals surface area (Å²) in [5.41, 5.74) is 2.30. The number of ketones is 1. The molecule has 0 spiro atoms. The lowest BCUT2D eigenvalue weighted by molar-refractivity contribution is 0.0983. The van der Waals surface area contributed by atoms with Crippen molar-refractivity contribution in [2.24, 2.45) is 0 Å². The SMILES string of the molecule is CSc1ccc(CCC(=O)c2cccc(C#N)c2)cc1. The summed E-state index contributed by atoms with van der Waals surface area (Å²) in [6.45, 7) is 0. The lowest BCUT2D eigenvalue weighted by atomic mass is 10.0. The van der Waals surface area contributed by atoms with Crippen molar-refractivity contribution in [1.29, 1.82) is 5.26 Å². The summed E-state index contributed by atoms with van der Waals surface area (Å²) in [4.78, 5) is 13.3. The number of carbonyl (C=O) groups excluding carboxylic acids is 1. The molecule has 0 atom stereocenters. The molecular formula is C17H15NOS. The monoisotopic (exact) mass is 281 g/mol. The van der Waals surface area contributed by atoms with Gasteiger partial charge in [0.25, 0.3) is 0 Å². The van der Waals surface area contributed by atoms with Gasteiger partial charge in [0, 0.05) is 16.9 Å². The number of rotatable bonds is 5. The van der Waals surface area contributed by atoms with E-state index in [0.29, 0.717) is 17.5 Å². The number of Topliss-reactive ketones (excluding diaryl/α,β-unsaturated/α-hetero) is 1. The largest absolute Gasteiger partial charge is 0.294 e. The number of hydrogen-bond acceptors (Lipinski definition) is 3. The first-order chi connectivity index (χ1) is 9.72. The van der Waals surface area contributed by atoms with E-state index in [1.807, 2.05) is 6.26 Å². The van der Waals surface area contributed by atoms with Crippen molar-refractivity contribution >= 4 is 17.5 Å². The zero-order valence-corrected chi connectivity index (χ0v) is 12.1. The summed E-state index contributed by atoms with van der Waals surface area (Å²) in [7, 11) is 0. The number of hydrogen-bond donors (Lipinski definition) is 0. The Morgan fingerprint density at radius 2 is 1.95 bits per heavy atom. The van der Waals surface area contributed by atoms with E-state index in [4.69, 9.17) is 5.26 Å². The topological polar surface area (TPSA) is 40.9 Å². The molecule has 0 unspecified atom stereocenters. The van der Waals surface area contributed by atoms with Crippen molar-refractivity contribution in [3.05, 3.63) is 65.2 Å². The maximum Gasteiger partial charge on any atom is 0.163 e. The molecule has 2 aromatic rings. The Kier molecular flexibility index (Phi) is 4.97. The highest BCUT2D eigenvalue weighted by Crippen LogP contribution is 2.16. The Balaban J connectivity index is 1.99. The number of nitriles is 1. The Labute approximate surface area is 123 Å². The molecule has 0 aliphatic heterocycles. The van der Waals surface area contributed by atoms with E-state index in [0.717, 1.165) is 12.0 Å². The van der Waals surface area contributed by atoms with Crippen LogP contribution in [0.3, 0.4) is 0 Å². The molecule has 0 heterocycles. The number of carbonyl (C=O) groups is 1. The third-order valence-electron chi connectivity index (χ3n) is 3.11. The van der Waals surface area contributed by atoms with Crippen LogP contribution >= 0.6 is 11.8 Å². The number of thioether (sulfide) groups is 1. The van der Waals surface area contributed by atoms with Crippen LogP contribution in [0, 0.1) is 11.3 Å². The van der Waals surface area contributed by atoms with Crippen LogP contribution in [-0.2, 0) is 6.42 Å². The molecule has 0 radical (unpaired) electrons. The minimum absolute atomic E-state index is 0.0797. The highest BCUT2D eigenvalue weighted by molar-refractivity contribution is 7.98. The fourth-order valence-corrected chi connectivity index (χ4v) is 2.36. The highest BCUT2D eigenvalue weighted by Gasteiger charge is 2.07. The molecule has 2 nitrogen and oxygen atoms in total. The van der Waals surface area contributed by atoms with Gasteiger partial charge in [-0.3, -0.25) is 4.79 Å². The predicted molar refractivity (Wildman–Crippen MR) is 82.0 cm³/mol. The molecule has 0 aliphatic carbocycles. The van der Waals surface area contributed by atoms with Gasteiger partial charge in [-0.05, 0) is 42.5 Å². The maximum atomic E-state index is 12.1. The van der Waals surface area contributed by atoms with Gasteiger partial charge in [0.2, 0.25) is 0 Å². The minimum Gasteiger partial charge on any atom is -0.294 e. The third-order valence-corrected chi connectivity index (χ3v) is 3.86. The van der Waals surface area contributed by atoms with Crippen molar-refractivity contribution in [1.82, 2.24) is 0 Å². The zero-order valence-electron chi connectivity index (χ0n) is 11.3. The first-order valence-electron chi connectivity index (χ1n) is 6.39. The molecule has 0 bridgehead atoms. The fourth-order valence-electron chi connectivity index (χ4n) is 1.96. The Morgan fingerprint density at radius 1 is 1.20 bits per heavy atom. The summed E-state index contributed by atoms with van der Waals surface area (Å²) in [6.07, 6.45) is 3.23. The van der Waals surface area contributed by atoms with E-state index < -0.39 is 0 Å². The van der Waals surface area contributed by atoms with Gasteiger partial charge in [0.05, 0.1) is 11.6 Å². The lowest BCUT2D eigenvalue weighted by Crippen LogP contribution is -2.01. The van der Waals surface area contributed by atoms with E-state index >= 15 is 0 Å². The second-order valence-electron chi connectivity index (χ2n) is 4.46. The Hall–Kier alpha value is -2.05. The molecule has 0 saturated carbocycles. The first-order valence-corrected chi connectivity index (χ1v) is 7.61. The number of benzene rings is 2. The summed E-state index contributed by atoms with van der Waals surface area (Å²) in [6, 6.07) is 17.2. The second-order valence-corrected chi connectivity index (χ2v) is 5.34. The normalized spacial score (nSPS) is 10.0. The van der Waals surface area contributed by atoms with Crippen molar-refractivity contribution in [3.8, 4) is 6.07 Å². The number of aryl methyl sites for hydroxylation is 1. The van der Waals surface area contributed by atoms with Gasteiger partial charge in [0.15, 0.2) is 5.78 Å². The van der Waals surface area contributed by atoms with Crippen LogP contribution in [0.1, 0.15) is 27.9 Å². The van der Waals surface area contributed by atoms with Gasteiger partial charge in [-0.1, -0.05) is 24.3 Å². The minimum atomic E-state index is 0.0797. The average Bonchev–Trinajstić information content (AvgIpc) is 2.53. The highest BCUT2D eigenvalue weighted by atomic mass is 32.2. The van der Waals surface area contributed by atoms with Gasteiger partial charge >= 0.3 is 0 Å². The number of nitrogens with zero attached hydrogens (tertiary/aromatic N) is 1. The average molecular weight is 281 g/mol. The molecule has 0 aromatic heterocycles. The summed E-state index contributed by atoms with van der Waals surface area (Å²) in [5.74, 6) is 0.0797. The van der Waals surface area contributed by atoms with Crippen LogP contribution < -0.4 is 0 Å². The molecule has 0 saturated heterocycles. The maximum absolute atomic E-state index is 12.1. The molecule has 0 aliphatic rings. The standard InChI is InChI=1S/C17H15NOS/c1-20-16-8-5-13(6-9-16)7-10-17(19)15-4-2-3-14(11-15)12-18/h2-6,8-9,11H,7,10H2,1H3. The van der Waals surface area contributed by atoms with Crippen LogP contribution in [0.25, 0.3) is 0 Å². The van der Waals surface area contributed by atoms with Crippen LogP contribution in [0.4, 0.5) is 0 Å². The van der Waals surface area contributed by atoms with E-state index in [1.165, 1.54) is 4.90 Å². The van der Waals surface area contributed by atoms with Crippen molar-refractivity contribution < 1.29 is 4.79 Å². The summed E-state index contributed by atoms with van der Waals surface area (Å²) >= 11 is 1.71. The quantitative estimate of drug-likeness (QED) is 0.612. The molecule has 100 valence electrons. The van der Waals surface area contributed by atoms with E-state index in [-0.39, 0.29) is 5.78 Å². The molecule has 0 fully saturated rings. The zero-order chi connectivity index (χ0) is 14.4. The molecule has 2 aromatic carbocycles. The predicted octanol–water partition coefficient (Wildman–Crippen LogP) is 4.10. The molecule has 2 rings (SSSR count). The first kappa shape index (κ1) is 14.4. The smallest absolute Gasteiger partial charge is 0.163 e. The van der Waals surface area contributed by atoms with Gasteiger partial charge in [-0.2, -0.15) is 5.26 Å². The van der Waals surface area contributed by atoms with Gasteiger partial charge in [-0.25, -0.2) is 0 Å². The Bertz CT molecular complexity index is 641. The van der Waals surface area contributed by atoms with Crippen molar-refractivity contribution in [2.75, 3.05) is 6.26 Å². The molecule has 3 heteroatoms. The van der Waals surface area contributed by atoms with Gasteiger partial charge in [0.1, 0.15) is 0 Å². The molecule has 0 N–H and O–H groups in total. The molecule has 0 amide bonds. The molecular weight excluding hydrogens is 266 g/mol. The fraction of sp³-hybridized carbons (Fsp3) is 0.176. The summed E-state index contributed by atoms with van der Waals surface area (Å²) < 4.78 is 0. The lowest BCUT2D eigenvalue weighted by Gasteiger charge is -2.03. The van der Waals surface area contributed by atoms with Crippen molar-refractivity contribution in [2.45, 2.75) is 17.7 Å². The second kappa shape index (κ2) is 6.93. The Morgan fingerprint density at radius 3 is 2.60 bits per heavy atom. The van der Waals surface area contributed by atoms with Crippen LogP contribution in [0.5, 0.6) is 0 Å². The van der Waals surface area contributed by atoms with Gasteiger partial charge < -0.3 is 0 Å². The summed E-state index contributed by atoms with van der Waals surface area (Å²) in [5, 5.41) is 8.84. The van der Waals surface area contributed by atoms with Crippen LogP contribution in [-0.4, -0.2) is 12.0 Å². The van der Waals surface area contributed by atoms with E-state index in [1.54, 1.807) is 36.0 Å². The van der Waals surface area contributed by atoms with Crippen molar-refractivity contribution in [3.63, 3.8) is 0 Å².